The largest absolute Gasteiger partial charge is 0.339 e. The van der Waals surface area contributed by atoms with Crippen molar-refractivity contribution >= 4 is 11.6 Å². The molecule has 14 heavy (non-hydrogen) atoms. The van der Waals surface area contributed by atoms with E-state index in [1.165, 1.54) is 25.7 Å². The molecule has 78 valence electrons. The van der Waals surface area contributed by atoms with Crippen LogP contribution in [0.4, 0.5) is 0 Å². The van der Waals surface area contributed by atoms with Crippen molar-refractivity contribution in [3.8, 4) is 0 Å². The van der Waals surface area contributed by atoms with Crippen LogP contribution in [0.25, 0.3) is 0 Å². The van der Waals surface area contributed by atoms with Crippen molar-refractivity contribution in [2.45, 2.75) is 44.4 Å². The molecule has 0 radical (unpaired) electrons. The second-order valence-corrected chi connectivity index (χ2v) is 4.20. The summed E-state index contributed by atoms with van der Waals surface area (Å²) in [5.41, 5.74) is 0. The van der Waals surface area contributed by atoms with Gasteiger partial charge in [-0.2, -0.15) is 4.98 Å². The number of nitrogens with zero attached hydrogens (tertiary/aromatic N) is 2. The summed E-state index contributed by atoms with van der Waals surface area (Å²) in [4.78, 5) is 4.39. The summed E-state index contributed by atoms with van der Waals surface area (Å²) in [6.45, 7) is 0. The van der Waals surface area contributed by atoms with E-state index in [2.05, 4.69) is 10.1 Å². The highest BCUT2D eigenvalue weighted by Crippen LogP contribution is 2.32. The average molecular weight is 215 g/mol. The Kier molecular flexibility index (Phi) is 3.40. The Balaban J connectivity index is 1.94. The molecule has 0 unspecified atom stereocenters. The summed E-state index contributed by atoms with van der Waals surface area (Å²) >= 11 is 5.60. The fourth-order valence-corrected chi connectivity index (χ4v) is 2.07. The van der Waals surface area contributed by atoms with Crippen molar-refractivity contribution in [2.75, 3.05) is 5.88 Å². The summed E-state index contributed by atoms with van der Waals surface area (Å²) in [5, 5.41) is 4.02. The van der Waals surface area contributed by atoms with E-state index in [1.54, 1.807) is 0 Å². The standard InChI is InChI=1S/C10H15ClN2O/c11-7-3-6-9-12-10(13-14-9)8-4-1-2-5-8/h8H,1-7H2. The van der Waals surface area contributed by atoms with Gasteiger partial charge in [0.15, 0.2) is 5.82 Å². The van der Waals surface area contributed by atoms with Gasteiger partial charge < -0.3 is 4.52 Å². The SMILES string of the molecule is ClCCCc1nc(C2CCCC2)no1. The van der Waals surface area contributed by atoms with Crippen LogP contribution in [-0.2, 0) is 6.42 Å². The van der Waals surface area contributed by atoms with Crippen LogP contribution in [0.15, 0.2) is 4.52 Å². The number of rotatable bonds is 4. The number of hydrogen-bond donors (Lipinski definition) is 0. The van der Waals surface area contributed by atoms with Crippen molar-refractivity contribution in [2.24, 2.45) is 0 Å². The Morgan fingerprint density at radius 2 is 2.14 bits per heavy atom. The predicted octanol–water partition coefficient (Wildman–Crippen LogP) is 2.90. The molecule has 1 aromatic heterocycles. The Bertz CT molecular complexity index is 281. The topological polar surface area (TPSA) is 38.9 Å². The maximum Gasteiger partial charge on any atom is 0.226 e. The number of hydrogen-bond acceptors (Lipinski definition) is 3. The summed E-state index contributed by atoms with van der Waals surface area (Å²) in [7, 11) is 0. The zero-order chi connectivity index (χ0) is 9.80. The first kappa shape index (κ1) is 9.97. The van der Waals surface area contributed by atoms with Crippen LogP contribution < -0.4 is 0 Å². The lowest BCUT2D eigenvalue weighted by Gasteiger charge is -1.99. The van der Waals surface area contributed by atoms with E-state index in [0.29, 0.717) is 11.8 Å². The fraction of sp³-hybridized carbons (Fsp3) is 0.800. The molecule has 1 fully saturated rings. The lowest BCUT2D eigenvalue weighted by molar-refractivity contribution is 0.369. The Labute approximate surface area is 88.8 Å². The molecule has 0 aromatic carbocycles. The Morgan fingerprint density at radius 1 is 1.36 bits per heavy atom. The summed E-state index contributed by atoms with van der Waals surface area (Å²) in [6.07, 6.45) is 6.76. The summed E-state index contributed by atoms with van der Waals surface area (Å²) in [5.74, 6) is 2.85. The van der Waals surface area contributed by atoms with Crippen molar-refractivity contribution < 1.29 is 4.52 Å². The van der Waals surface area contributed by atoms with Gasteiger partial charge in [0.1, 0.15) is 0 Å². The van der Waals surface area contributed by atoms with Crippen LogP contribution >= 0.6 is 11.6 Å². The summed E-state index contributed by atoms with van der Waals surface area (Å²) in [6, 6.07) is 0. The first-order valence-electron chi connectivity index (χ1n) is 5.28. The molecule has 0 N–H and O–H groups in total. The van der Waals surface area contributed by atoms with Crippen LogP contribution in [0, 0.1) is 0 Å². The number of halogens is 1. The number of alkyl halides is 1. The van der Waals surface area contributed by atoms with Gasteiger partial charge in [-0.3, -0.25) is 0 Å². The van der Waals surface area contributed by atoms with E-state index in [1.807, 2.05) is 0 Å². The minimum absolute atomic E-state index is 0.545. The first-order chi connectivity index (χ1) is 6.90. The molecule has 3 nitrogen and oxygen atoms in total. The van der Waals surface area contributed by atoms with E-state index < -0.39 is 0 Å². The third kappa shape index (κ3) is 2.27. The maximum absolute atomic E-state index is 5.60. The smallest absolute Gasteiger partial charge is 0.226 e. The molecule has 2 rings (SSSR count). The lowest BCUT2D eigenvalue weighted by Crippen LogP contribution is -1.95. The highest BCUT2D eigenvalue weighted by atomic mass is 35.5. The quantitative estimate of drug-likeness (QED) is 0.724. The van der Waals surface area contributed by atoms with Gasteiger partial charge in [-0.1, -0.05) is 18.0 Å². The zero-order valence-corrected chi connectivity index (χ0v) is 8.96. The normalized spacial score (nSPS) is 17.8. The molecule has 0 bridgehead atoms. The van der Waals surface area contributed by atoms with Gasteiger partial charge in [0.2, 0.25) is 5.89 Å². The van der Waals surface area contributed by atoms with Gasteiger partial charge in [-0.05, 0) is 19.3 Å². The molecule has 0 saturated heterocycles. The van der Waals surface area contributed by atoms with Gasteiger partial charge >= 0.3 is 0 Å². The second-order valence-electron chi connectivity index (χ2n) is 3.82. The molecule has 1 heterocycles. The van der Waals surface area contributed by atoms with Gasteiger partial charge in [-0.15, -0.1) is 11.6 Å². The highest BCUT2D eigenvalue weighted by molar-refractivity contribution is 6.17. The second kappa shape index (κ2) is 4.78. The van der Waals surface area contributed by atoms with E-state index in [4.69, 9.17) is 16.1 Å². The predicted molar refractivity (Wildman–Crippen MR) is 54.5 cm³/mol. The van der Waals surface area contributed by atoms with Crippen molar-refractivity contribution in [3.63, 3.8) is 0 Å². The minimum atomic E-state index is 0.545. The molecular formula is C10H15ClN2O. The molecule has 0 spiro atoms. The third-order valence-electron chi connectivity index (χ3n) is 2.73. The lowest BCUT2D eigenvalue weighted by atomic mass is 10.1. The highest BCUT2D eigenvalue weighted by Gasteiger charge is 2.21. The Morgan fingerprint density at radius 3 is 2.86 bits per heavy atom. The molecular weight excluding hydrogens is 200 g/mol. The molecule has 1 aliphatic carbocycles. The fourth-order valence-electron chi connectivity index (χ4n) is 1.94. The van der Waals surface area contributed by atoms with Crippen LogP contribution in [0.5, 0.6) is 0 Å². The maximum atomic E-state index is 5.60. The zero-order valence-electron chi connectivity index (χ0n) is 8.21. The third-order valence-corrected chi connectivity index (χ3v) is 3.00. The first-order valence-corrected chi connectivity index (χ1v) is 5.82. The van der Waals surface area contributed by atoms with E-state index in [9.17, 15) is 0 Å². The molecule has 1 saturated carbocycles. The van der Waals surface area contributed by atoms with E-state index >= 15 is 0 Å². The summed E-state index contributed by atoms with van der Waals surface area (Å²) < 4.78 is 5.16. The molecule has 4 heteroatoms. The monoisotopic (exact) mass is 214 g/mol. The Hall–Kier alpha value is -0.570. The van der Waals surface area contributed by atoms with Crippen molar-refractivity contribution in [1.29, 1.82) is 0 Å². The molecule has 0 atom stereocenters. The van der Waals surface area contributed by atoms with E-state index in [-0.39, 0.29) is 0 Å². The van der Waals surface area contributed by atoms with Crippen molar-refractivity contribution in [1.82, 2.24) is 10.1 Å². The number of aryl methyl sites for hydroxylation is 1. The number of aromatic nitrogens is 2. The molecule has 0 amide bonds. The van der Waals surface area contributed by atoms with E-state index in [0.717, 1.165) is 24.6 Å². The van der Waals surface area contributed by atoms with Gasteiger partial charge in [0.25, 0.3) is 0 Å². The van der Waals surface area contributed by atoms with Gasteiger partial charge in [-0.25, -0.2) is 0 Å². The molecule has 1 aliphatic rings. The van der Waals surface area contributed by atoms with Gasteiger partial charge in [0.05, 0.1) is 0 Å². The van der Waals surface area contributed by atoms with Crippen molar-refractivity contribution in [3.05, 3.63) is 11.7 Å². The van der Waals surface area contributed by atoms with Crippen LogP contribution in [-0.4, -0.2) is 16.0 Å². The average Bonchev–Trinajstić information content (AvgIpc) is 2.85. The minimum Gasteiger partial charge on any atom is -0.339 e. The van der Waals surface area contributed by atoms with Crippen LogP contribution in [0.1, 0.15) is 49.7 Å². The molecule has 0 aliphatic heterocycles. The van der Waals surface area contributed by atoms with Crippen LogP contribution in [0.2, 0.25) is 0 Å². The van der Waals surface area contributed by atoms with Crippen LogP contribution in [0.3, 0.4) is 0 Å². The molecule has 1 aromatic rings. The van der Waals surface area contributed by atoms with Gasteiger partial charge in [0, 0.05) is 18.2 Å².